The van der Waals surface area contributed by atoms with Gasteiger partial charge >= 0.3 is 6.18 Å². The van der Waals surface area contributed by atoms with Crippen LogP contribution >= 0.6 is 12.4 Å². The number of amides is 2. The molecule has 128 valence electrons. The topological polar surface area (TPSA) is 70.2 Å². The van der Waals surface area contributed by atoms with Crippen molar-refractivity contribution < 1.29 is 22.8 Å². The van der Waals surface area contributed by atoms with Crippen molar-refractivity contribution >= 4 is 29.9 Å². The van der Waals surface area contributed by atoms with Gasteiger partial charge in [0.15, 0.2) is 0 Å². The summed E-state index contributed by atoms with van der Waals surface area (Å²) < 4.78 is 38.6. The molecular weight excluding hydrogens is 335 g/mol. The van der Waals surface area contributed by atoms with Gasteiger partial charge in [-0.15, -0.1) is 12.4 Å². The molecule has 1 fully saturated rings. The Balaban J connectivity index is 0.00000264. The Bertz CT molecular complexity index is 589. The van der Waals surface area contributed by atoms with Crippen LogP contribution in [0.1, 0.15) is 22.8 Å². The standard InChI is InChI=1S/C14H16F3N3O2.ClH/c1-8(21)20-12-3-10(2-11(4-12)14(15,16)17)13(22)19-7-9-5-18-6-9;/h2-4,9,18H,5-7H2,1H3,(H,19,22)(H,20,21);1H. The van der Waals surface area contributed by atoms with Crippen LogP contribution in [0.4, 0.5) is 18.9 Å². The normalized spacial score (nSPS) is 14.4. The molecule has 0 atom stereocenters. The van der Waals surface area contributed by atoms with Crippen molar-refractivity contribution in [1.29, 1.82) is 0 Å². The van der Waals surface area contributed by atoms with Crippen LogP contribution in [-0.2, 0) is 11.0 Å². The molecule has 1 aliphatic rings. The molecule has 0 spiro atoms. The van der Waals surface area contributed by atoms with Crippen molar-refractivity contribution in [3.8, 4) is 0 Å². The second kappa shape index (κ2) is 7.65. The number of rotatable bonds is 4. The molecule has 1 heterocycles. The molecule has 0 saturated carbocycles. The Morgan fingerprint density at radius 3 is 2.39 bits per heavy atom. The number of hydrogen-bond acceptors (Lipinski definition) is 3. The van der Waals surface area contributed by atoms with E-state index >= 15 is 0 Å². The second-order valence-electron chi connectivity index (χ2n) is 5.21. The van der Waals surface area contributed by atoms with Crippen LogP contribution in [0.25, 0.3) is 0 Å². The zero-order valence-electron chi connectivity index (χ0n) is 12.3. The summed E-state index contributed by atoms with van der Waals surface area (Å²) in [6, 6.07) is 2.80. The number of halogens is 4. The van der Waals surface area contributed by atoms with Gasteiger partial charge in [-0.25, -0.2) is 0 Å². The van der Waals surface area contributed by atoms with Crippen LogP contribution in [-0.4, -0.2) is 31.4 Å². The van der Waals surface area contributed by atoms with Gasteiger partial charge in [-0.05, 0) is 18.2 Å². The van der Waals surface area contributed by atoms with E-state index in [0.29, 0.717) is 12.5 Å². The first-order valence-electron chi connectivity index (χ1n) is 6.74. The number of nitrogens with one attached hydrogen (secondary N) is 3. The molecule has 5 nitrogen and oxygen atoms in total. The van der Waals surface area contributed by atoms with Gasteiger partial charge in [-0.1, -0.05) is 0 Å². The van der Waals surface area contributed by atoms with Gasteiger partial charge in [0.25, 0.3) is 5.91 Å². The number of carbonyl (C=O) groups excluding carboxylic acids is 2. The lowest BCUT2D eigenvalue weighted by Gasteiger charge is -2.27. The fraction of sp³-hybridized carbons (Fsp3) is 0.429. The highest BCUT2D eigenvalue weighted by Gasteiger charge is 2.32. The lowest BCUT2D eigenvalue weighted by molar-refractivity contribution is -0.137. The van der Waals surface area contributed by atoms with Crippen molar-refractivity contribution in [3.05, 3.63) is 29.3 Å². The third-order valence-corrected chi connectivity index (χ3v) is 3.26. The van der Waals surface area contributed by atoms with E-state index in [1.54, 1.807) is 0 Å². The fourth-order valence-corrected chi connectivity index (χ4v) is 2.03. The molecule has 0 bridgehead atoms. The number of carbonyl (C=O) groups is 2. The summed E-state index contributed by atoms with van der Waals surface area (Å²) in [6.07, 6.45) is -4.60. The second-order valence-corrected chi connectivity index (χ2v) is 5.21. The van der Waals surface area contributed by atoms with E-state index in [1.165, 1.54) is 13.0 Å². The molecule has 2 rings (SSSR count). The van der Waals surface area contributed by atoms with Crippen molar-refractivity contribution in [2.24, 2.45) is 5.92 Å². The van der Waals surface area contributed by atoms with E-state index in [0.717, 1.165) is 25.2 Å². The molecule has 0 aromatic heterocycles. The lowest BCUT2D eigenvalue weighted by Crippen LogP contribution is -2.48. The van der Waals surface area contributed by atoms with Gasteiger partial charge in [-0.2, -0.15) is 13.2 Å². The molecular formula is C14H17ClF3N3O2. The molecule has 2 amide bonds. The van der Waals surface area contributed by atoms with Crippen molar-refractivity contribution in [2.45, 2.75) is 13.1 Å². The van der Waals surface area contributed by atoms with Gasteiger partial charge in [0.05, 0.1) is 5.56 Å². The maximum Gasteiger partial charge on any atom is 0.416 e. The number of benzene rings is 1. The van der Waals surface area contributed by atoms with Crippen LogP contribution in [0.2, 0.25) is 0 Å². The Labute approximate surface area is 137 Å². The maximum absolute atomic E-state index is 12.9. The predicted octanol–water partition coefficient (Wildman–Crippen LogP) is 2.03. The van der Waals surface area contributed by atoms with Gasteiger partial charge in [0.2, 0.25) is 5.91 Å². The molecule has 3 N–H and O–H groups in total. The average Bonchev–Trinajstić information content (AvgIpc) is 2.34. The van der Waals surface area contributed by atoms with Crippen molar-refractivity contribution in [3.63, 3.8) is 0 Å². The molecule has 1 aromatic carbocycles. The van der Waals surface area contributed by atoms with Gasteiger partial charge in [0.1, 0.15) is 0 Å². The first kappa shape index (κ1) is 19.2. The van der Waals surface area contributed by atoms with Gasteiger partial charge < -0.3 is 16.0 Å². The van der Waals surface area contributed by atoms with E-state index < -0.39 is 23.6 Å². The summed E-state index contributed by atoms with van der Waals surface area (Å²) in [5.41, 5.74) is -1.17. The summed E-state index contributed by atoms with van der Waals surface area (Å²) in [7, 11) is 0. The molecule has 0 unspecified atom stereocenters. The van der Waals surface area contributed by atoms with Gasteiger partial charge in [-0.3, -0.25) is 9.59 Å². The molecule has 9 heteroatoms. The zero-order chi connectivity index (χ0) is 16.3. The number of alkyl halides is 3. The quantitative estimate of drug-likeness (QED) is 0.777. The molecule has 1 aliphatic heterocycles. The Kier molecular flexibility index (Phi) is 6.40. The Hall–Kier alpha value is -1.80. The Morgan fingerprint density at radius 2 is 1.91 bits per heavy atom. The van der Waals surface area contributed by atoms with E-state index in [9.17, 15) is 22.8 Å². The minimum atomic E-state index is -4.60. The summed E-state index contributed by atoms with van der Waals surface area (Å²) in [6.45, 7) is 3.14. The van der Waals surface area contributed by atoms with Crippen molar-refractivity contribution in [2.75, 3.05) is 25.0 Å². The highest BCUT2D eigenvalue weighted by molar-refractivity contribution is 5.97. The largest absolute Gasteiger partial charge is 0.416 e. The molecule has 1 aromatic rings. The minimum Gasteiger partial charge on any atom is -0.352 e. The summed E-state index contributed by atoms with van der Waals surface area (Å²) >= 11 is 0. The maximum atomic E-state index is 12.9. The van der Waals surface area contributed by atoms with Crippen LogP contribution in [0.15, 0.2) is 18.2 Å². The first-order valence-corrected chi connectivity index (χ1v) is 6.74. The van der Waals surface area contributed by atoms with Crippen molar-refractivity contribution in [1.82, 2.24) is 10.6 Å². The van der Waals surface area contributed by atoms with E-state index in [1.807, 2.05) is 0 Å². The number of anilines is 1. The van der Waals surface area contributed by atoms with Crippen LogP contribution in [0.5, 0.6) is 0 Å². The van der Waals surface area contributed by atoms with Crippen LogP contribution in [0.3, 0.4) is 0 Å². The Morgan fingerprint density at radius 1 is 1.26 bits per heavy atom. The summed E-state index contributed by atoms with van der Waals surface area (Å²) in [5.74, 6) is -0.805. The highest BCUT2D eigenvalue weighted by Crippen LogP contribution is 2.32. The van der Waals surface area contributed by atoms with Crippen LogP contribution < -0.4 is 16.0 Å². The molecule has 0 aliphatic carbocycles. The smallest absolute Gasteiger partial charge is 0.352 e. The van der Waals surface area contributed by atoms with Gasteiger partial charge in [0, 0.05) is 43.7 Å². The third-order valence-electron chi connectivity index (χ3n) is 3.26. The molecule has 23 heavy (non-hydrogen) atoms. The zero-order valence-corrected chi connectivity index (χ0v) is 13.1. The number of hydrogen-bond donors (Lipinski definition) is 3. The summed E-state index contributed by atoms with van der Waals surface area (Å²) in [5, 5.41) is 7.91. The summed E-state index contributed by atoms with van der Waals surface area (Å²) in [4.78, 5) is 23.0. The third kappa shape index (κ3) is 5.40. The fourth-order valence-electron chi connectivity index (χ4n) is 2.03. The predicted molar refractivity (Wildman–Crippen MR) is 81.7 cm³/mol. The SMILES string of the molecule is CC(=O)Nc1cc(C(=O)NCC2CNC2)cc(C(F)(F)F)c1.Cl. The lowest BCUT2D eigenvalue weighted by atomic mass is 10.0. The monoisotopic (exact) mass is 351 g/mol. The highest BCUT2D eigenvalue weighted by atomic mass is 35.5. The first-order chi connectivity index (χ1) is 10.3. The molecule has 0 radical (unpaired) electrons. The van der Waals surface area contributed by atoms with E-state index in [-0.39, 0.29) is 23.7 Å². The van der Waals surface area contributed by atoms with Crippen LogP contribution in [0, 0.1) is 5.92 Å². The average molecular weight is 352 g/mol. The van der Waals surface area contributed by atoms with E-state index in [4.69, 9.17) is 0 Å². The van der Waals surface area contributed by atoms with E-state index in [2.05, 4.69) is 16.0 Å². The minimum absolute atomic E-state index is 0. The molecule has 1 saturated heterocycles.